The van der Waals surface area contributed by atoms with Crippen molar-refractivity contribution in [2.24, 2.45) is 0 Å². The lowest BCUT2D eigenvalue weighted by Gasteiger charge is -2.14. The van der Waals surface area contributed by atoms with Crippen LogP contribution in [0.25, 0.3) is 6.08 Å². The number of rotatable bonds is 5. The van der Waals surface area contributed by atoms with E-state index in [0.717, 1.165) is 12.1 Å². The molecule has 0 atom stereocenters. The monoisotopic (exact) mass is 286 g/mol. The van der Waals surface area contributed by atoms with Gasteiger partial charge in [-0.15, -0.1) is 0 Å². The van der Waals surface area contributed by atoms with Gasteiger partial charge in [-0.3, -0.25) is 10.1 Å². The molecule has 0 aliphatic rings. The van der Waals surface area contributed by atoms with Crippen LogP contribution in [0.3, 0.4) is 0 Å². The molecule has 20 heavy (non-hydrogen) atoms. The molecule has 1 aromatic heterocycles. The quantitative estimate of drug-likeness (QED) is 0.471. The van der Waals surface area contributed by atoms with E-state index in [4.69, 9.17) is 0 Å². The molecule has 1 aromatic rings. The predicted octanol–water partition coefficient (Wildman–Crippen LogP) is 2.37. The van der Waals surface area contributed by atoms with E-state index in [0.29, 0.717) is 0 Å². The zero-order valence-corrected chi connectivity index (χ0v) is 10.8. The van der Waals surface area contributed by atoms with Gasteiger partial charge < -0.3 is 4.74 Å². The number of aromatic nitrogens is 1. The third kappa shape index (κ3) is 3.56. The Balaban J connectivity index is 3.13. The molecular formula is C12H12F2N2O4. The summed E-state index contributed by atoms with van der Waals surface area (Å²) in [5, 5.41) is 10.5. The van der Waals surface area contributed by atoms with E-state index in [1.165, 1.54) is 26.0 Å². The van der Waals surface area contributed by atoms with E-state index < -0.39 is 22.5 Å². The number of hydrogen-bond donors (Lipinski definition) is 0. The van der Waals surface area contributed by atoms with Crippen molar-refractivity contribution in [1.82, 2.24) is 4.98 Å². The van der Waals surface area contributed by atoms with Gasteiger partial charge in [-0.2, -0.15) is 8.78 Å². The summed E-state index contributed by atoms with van der Waals surface area (Å²) < 4.78 is 31.7. The normalized spacial score (nSPS) is 12.1. The summed E-state index contributed by atoms with van der Waals surface area (Å²) >= 11 is 0. The lowest BCUT2D eigenvalue weighted by molar-refractivity contribution is -0.422. The molecule has 0 aromatic carbocycles. The zero-order chi connectivity index (χ0) is 15.3. The maximum atomic E-state index is 13.7. The van der Waals surface area contributed by atoms with E-state index in [-0.39, 0.29) is 18.0 Å². The van der Waals surface area contributed by atoms with Crippen LogP contribution in [0.5, 0.6) is 0 Å². The Labute approximate surface area is 113 Å². The second-order valence-electron chi connectivity index (χ2n) is 3.79. The van der Waals surface area contributed by atoms with Gasteiger partial charge in [0, 0.05) is 13.0 Å². The summed E-state index contributed by atoms with van der Waals surface area (Å²) in [6.07, 6.45) is 1.03. The molecule has 1 heterocycles. The summed E-state index contributed by atoms with van der Waals surface area (Å²) in [7, 11) is 0. The number of ether oxygens (including phenoxy) is 1. The van der Waals surface area contributed by atoms with Crippen molar-refractivity contribution in [2.45, 2.75) is 19.8 Å². The first-order valence-corrected chi connectivity index (χ1v) is 5.64. The van der Waals surface area contributed by atoms with Crippen LogP contribution >= 0.6 is 0 Å². The summed E-state index contributed by atoms with van der Waals surface area (Å²) in [5.41, 5.74) is -1.12. The number of alkyl halides is 2. The standard InChI is InChI=1S/C12H12F2N2O4/c1-3-20-11(17)12(13,14)10-6-4-5-9(15-10)7-8(2)16(18)19/h4-7H,3H2,1-2H3/b8-7+. The Bertz CT molecular complexity index is 558. The Morgan fingerprint density at radius 2 is 2.20 bits per heavy atom. The van der Waals surface area contributed by atoms with E-state index in [9.17, 15) is 23.7 Å². The molecule has 0 bridgehead atoms. The highest BCUT2D eigenvalue weighted by atomic mass is 19.3. The highest BCUT2D eigenvalue weighted by molar-refractivity contribution is 5.78. The Kier molecular flexibility index (Phi) is 4.84. The Morgan fingerprint density at radius 3 is 2.75 bits per heavy atom. The molecule has 0 amide bonds. The maximum absolute atomic E-state index is 13.7. The highest BCUT2D eigenvalue weighted by Crippen LogP contribution is 2.28. The van der Waals surface area contributed by atoms with Gasteiger partial charge in [-0.25, -0.2) is 9.78 Å². The number of pyridine rings is 1. The average molecular weight is 286 g/mol. The van der Waals surface area contributed by atoms with Crippen molar-refractivity contribution in [3.63, 3.8) is 0 Å². The second-order valence-corrected chi connectivity index (χ2v) is 3.79. The topological polar surface area (TPSA) is 82.3 Å². The van der Waals surface area contributed by atoms with E-state index in [1.807, 2.05) is 0 Å². The minimum atomic E-state index is -3.90. The molecule has 0 radical (unpaired) electrons. The molecule has 108 valence electrons. The van der Waals surface area contributed by atoms with Gasteiger partial charge in [0.1, 0.15) is 5.69 Å². The summed E-state index contributed by atoms with van der Waals surface area (Å²) in [6.45, 7) is 2.42. The minimum absolute atomic E-state index is 0.0410. The number of carbonyl (C=O) groups excluding carboxylic acids is 1. The number of nitro groups is 1. The zero-order valence-electron chi connectivity index (χ0n) is 10.8. The van der Waals surface area contributed by atoms with Crippen LogP contribution in [-0.4, -0.2) is 22.5 Å². The first kappa shape index (κ1) is 15.7. The molecule has 0 aliphatic heterocycles. The van der Waals surface area contributed by atoms with Crippen LogP contribution in [0.15, 0.2) is 23.9 Å². The van der Waals surface area contributed by atoms with Crippen molar-refractivity contribution in [3.8, 4) is 0 Å². The molecule has 0 saturated carbocycles. The maximum Gasteiger partial charge on any atom is 0.384 e. The first-order chi connectivity index (χ1) is 9.28. The number of nitrogens with zero attached hydrogens (tertiary/aromatic N) is 2. The van der Waals surface area contributed by atoms with E-state index in [2.05, 4.69) is 9.72 Å². The molecule has 0 saturated heterocycles. The second kappa shape index (κ2) is 6.18. The van der Waals surface area contributed by atoms with Gasteiger partial charge in [-0.1, -0.05) is 6.07 Å². The van der Waals surface area contributed by atoms with Crippen molar-refractivity contribution >= 4 is 12.0 Å². The number of allylic oxidation sites excluding steroid dienone is 1. The molecule has 6 nitrogen and oxygen atoms in total. The highest BCUT2D eigenvalue weighted by Gasteiger charge is 2.44. The first-order valence-electron chi connectivity index (χ1n) is 5.64. The van der Waals surface area contributed by atoms with Crippen molar-refractivity contribution < 1.29 is 23.2 Å². The fourth-order valence-corrected chi connectivity index (χ4v) is 1.30. The van der Waals surface area contributed by atoms with Crippen molar-refractivity contribution in [2.75, 3.05) is 6.61 Å². The molecule has 0 unspecified atom stereocenters. The van der Waals surface area contributed by atoms with Crippen LogP contribution in [0, 0.1) is 10.1 Å². The number of carbonyl (C=O) groups is 1. The van der Waals surface area contributed by atoms with Gasteiger partial charge in [0.15, 0.2) is 0 Å². The molecular weight excluding hydrogens is 274 g/mol. The van der Waals surface area contributed by atoms with E-state index >= 15 is 0 Å². The Morgan fingerprint density at radius 1 is 1.55 bits per heavy atom. The fourth-order valence-electron chi connectivity index (χ4n) is 1.30. The number of hydrogen-bond acceptors (Lipinski definition) is 5. The minimum Gasteiger partial charge on any atom is -0.461 e. The van der Waals surface area contributed by atoms with Crippen LogP contribution in [-0.2, 0) is 15.5 Å². The Hall–Kier alpha value is -2.38. The van der Waals surface area contributed by atoms with Crippen LogP contribution in [0.4, 0.5) is 8.78 Å². The largest absolute Gasteiger partial charge is 0.461 e. The molecule has 0 N–H and O–H groups in total. The van der Waals surface area contributed by atoms with Gasteiger partial charge in [0.05, 0.1) is 17.2 Å². The van der Waals surface area contributed by atoms with Crippen molar-refractivity contribution in [3.05, 3.63) is 45.4 Å². The van der Waals surface area contributed by atoms with Crippen LogP contribution in [0.1, 0.15) is 25.2 Å². The summed E-state index contributed by atoms with van der Waals surface area (Å²) in [5.74, 6) is -5.61. The van der Waals surface area contributed by atoms with Crippen LogP contribution in [0.2, 0.25) is 0 Å². The van der Waals surface area contributed by atoms with Gasteiger partial charge >= 0.3 is 11.9 Å². The SMILES string of the molecule is CCOC(=O)C(F)(F)c1cccc(/C=C(\C)[N+](=O)[O-])n1. The predicted molar refractivity (Wildman–Crippen MR) is 65.4 cm³/mol. The third-order valence-corrected chi connectivity index (χ3v) is 2.27. The van der Waals surface area contributed by atoms with Gasteiger partial charge in [-0.05, 0) is 19.1 Å². The van der Waals surface area contributed by atoms with Gasteiger partial charge in [0.2, 0.25) is 5.70 Å². The fraction of sp³-hybridized carbons (Fsp3) is 0.333. The molecule has 0 spiro atoms. The lowest BCUT2D eigenvalue weighted by atomic mass is 10.2. The average Bonchev–Trinajstić information content (AvgIpc) is 2.39. The smallest absolute Gasteiger partial charge is 0.384 e. The van der Waals surface area contributed by atoms with Crippen LogP contribution < -0.4 is 0 Å². The van der Waals surface area contributed by atoms with Gasteiger partial charge in [0.25, 0.3) is 0 Å². The number of esters is 1. The molecule has 1 rings (SSSR count). The van der Waals surface area contributed by atoms with E-state index in [1.54, 1.807) is 0 Å². The molecule has 8 heteroatoms. The summed E-state index contributed by atoms with van der Waals surface area (Å²) in [4.78, 5) is 24.5. The molecule has 0 aliphatic carbocycles. The summed E-state index contributed by atoms with van der Waals surface area (Å²) in [6, 6.07) is 3.50. The lowest BCUT2D eigenvalue weighted by Crippen LogP contribution is -2.29. The number of halogens is 2. The molecule has 0 fully saturated rings. The van der Waals surface area contributed by atoms with Crippen molar-refractivity contribution in [1.29, 1.82) is 0 Å². The third-order valence-electron chi connectivity index (χ3n) is 2.27.